The number of benzene rings is 2. The van der Waals surface area contributed by atoms with E-state index in [-0.39, 0.29) is 36.4 Å². The van der Waals surface area contributed by atoms with Crippen LogP contribution in [0.4, 0.5) is 4.39 Å². The molecule has 0 amide bonds. The van der Waals surface area contributed by atoms with Crippen LogP contribution in [0.15, 0.2) is 63.7 Å². The SMILES string of the molecule is O=C(OCc1nc(COc2ccc(F)cc2)no1)c1cn(-c2ccc(Br)cc2)nn1. The van der Waals surface area contributed by atoms with Gasteiger partial charge in [-0.25, -0.2) is 13.9 Å². The Kier molecular flexibility index (Phi) is 5.80. The lowest BCUT2D eigenvalue weighted by atomic mass is 10.3. The first kappa shape index (κ1) is 19.7. The van der Waals surface area contributed by atoms with E-state index >= 15 is 0 Å². The summed E-state index contributed by atoms with van der Waals surface area (Å²) in [5.74, 6) is -0.223. The number of aromatic nitrogens is 5. The van der Waals surface area contributed by atoms with Crippen molar-refractivity contribution in [1.29, 1.82) is 0 Å². The molecule has 0 bridgehead atoms. The lowest BCUT2D eigenvalue weighted by Gasteiger charge is -2.02. The number of carbonyl (C=O) groups excluding carboxylic acids is 1. The third kappa shape index (κ3) is 4.87. The Balaban J connectivity index is 1.30. The van der Waals surface area contributed by atoms with E-state index < -0.39 is 5.97 Å². The quantitative estimate of drug-likeness (QED) is 0.375. The number of halogens is 2. The molecule has 11 heteroatoms. The van der Waals surface area contributed by atoms with Crippen molar-refractivity contribution in [2.75, 3.05) is 0 Å². The molecule has 0 fully saturated rings. The molecule has 0 atom stereocenters. The summed E-state index contributed by atoms with van der Waals surface area (Å²) in [6.07, 6.45) is 1.46. The van der Waals surface area contributed by atoms with Crippen molar-refractivity contribution in [2.45, 2.75) is 13.2 Å². The van der Waals surface area contributed by atoms with Crippen molar-refractivity contribution in [3.8, 4) is 11.4 Å². The first-order valence-corrected chi connectivity index (χ1v) is 9.41. The van der Waals surface area contributed by atoms with Crippen LogP contribution in [-0.4, -0.2) is 31.1 Å². The topological polar surface area (TPSA) is 105 Å². The molecule has 2 heterocycles. The normalized spacial score (nSPS) is 10.7. The first-order valence-electron chi connectivity index (χ1n) is 8.62. The predicted octanol–water partition coefficient (Wildman–Crippen LogP) is 3.49. The molecule has 4 aromatic rings. The van der Waals surface area contributed by atoms with Crippen molar-refractivity contribution in [2.24, 2.45) is 0 Å². The fourth-order valence-corrected chi connectivity index (χ4v) is 2.63. The van der Waals surface area contributed by atoms with Crippen LogP contribution < -0.4 is 4.74 Å². The van der Waals surface area contributed by atoms with E-state index in [1.165, 1.54) is 35.1 Å². The van der Waals surface area contributed by atoms with Gasteiger partial charge in [0.2, 0.25) is 5.82 Å². The van der Waals surface area contributed by atoms with Gasteiger partial charge in [-0.2, -0.15) is 4.98 Å². The Morgan fingerprint density at radius 2 is 1.87 bits per heavy atom. The molecule has 0 saturated carbocycles. The molecule has 0 spiro atoms. The highest BCUT2D eigenvalue weighted by Crippen LogP contribution is 2.14. The van der Waals surface area contributed by atoms with Crippen molar-refractivity contribution >= 4 is 21.9 Å². The number of rotatable bonds is 7. The molecule has 152 valence electrons. The van der Waals surface area contributed by atoms with E-state index in [9.17, 15) is 9.18 Å². The summed E-state index contributed by atoms with van der Waals surface area (Å²) < 4.78 is 30.8. The van der Waals surface area contributed by atoms with Gasteiger partial charge in [0.1, 0.15) is 11.6 Å². The zero-order chi connectivity index (χ0) is 20.9. The number of hydrogen-bond donors (Lipinski definition) is 0. The minimum Gasteiger partial charge on any atom is -0.485 e. The highest BCUT2D eigenvalue weighted by molar-refractivity contribution is 9.10. The molecule has 0 aliphatic heterocycles. The summed E-state index contributed by atoms with van der Waals surface area (Å²) in [5.41, 5.74) is 0.782. The van der Waals surface area contributed by atoms with Crippen LogP contribution in [0.1, 0.15) is 22.2 Å². The Morgan fingerprint density at radius 3 is 2.63 bits per heavy atom. The first-order chi connectivity index (χ1) is 14.6. The van der Waals surface area contributed by atoms with Crippen LogP contribution in [-0.2, 0) is 18.0 Å². The van der Waals surface area contributed by atoms with Gasteiger partial charge in [-0.05, 0) is 48.5 Å². The van der Waals surface area contributed by atoms with Crippen molar-refractivity contribution in [3.05, 3.63) is 82.4 Å². The van der Waals surface area contributed by atoms with Crippen LogP contribution >= 0.6 is 15.9 Å². The molecule has 0 aliphatic carbocycles. The second-order valence-corrected chi connectivity index (χ2v) is 6.86. The molecule has 0 aliphatic rings. The molecular formula is C19H13BrFN5O4. The van der Waals surface area contributed by atoms with Gasteiger partial charge in [0.05, 0.1) is 11.9 Å². The highest BCUT2D eigenvalue weighted by Gasteiger charge is 2.16. The predicted molar refractivity (Wildman–Crippen MR) is 103 cm³/mol. The van der Waals surface area contributed by atoms with Crippen molar-refractivity contribution < 1.29 is 23.2 Å². The van der Waals surface area contributed by atoms with Crippen molar-refractivity contribution in [3.63, 3.8) is 0 Å². The molecule has 9 nitrogen and oxygen atoms in total. The minimum atomic E-state index is -0.680. The summed E-state index contributed by atoms with van der Waals surface area (Å²) >= 11 is 3.35. The zero-order valence-corrected chi connectivity index (χ0v) is 16.8. The lowest BCUT2D eigenvalue weighted by Crippen LogP contribution is -2.06. The number of hydrogen-bond acceptors (Lipinski definition) is 8. The number of carbonyl (C=O) groups is 1. The van der Waals surface area contributed by atoms with E-state index in [1.54, 1.807) is 0 Å². The Bertz CT molecular complexity index is 1140. The monoisotopic (exact) mass is 473 g/mol. The average molecular weight is 474 g/mol. The second-order valence-electron chi connectivity index (χ2n) is 5.95. The van der Waals surface area contributed by atoms with E-state index in [0.717, 1.165) is 10.2 Å². The maximum absolute atomic E-state index is 12.9. The number of esters is 1. The summed E-state index contributed by atoms with van der Waals surface area (Å²) in [5, 5.41) is 11.5. The maximum atomic E-state index is 12.9. The average Bonchev–Trinajstić information content (AvgIpc) is 3.42. The van der Waals surface area contributed by atoms with E-state index in [1.807, 2.05) is 24.3 Å². The van der Waals surface area contributed by atoms with Crippen LogP contribution in [0, 0.1) is 5.82 Å². The van der Waals surface area contributed by atoms with Gasteiger partial charge >= 0.3 is 5.97 Å². The molecule has 30 heavy (non-hydrogen) atoms. The molecule has 2 aromatic carbocycles. The van der Waals surface area contributed by atoms with Gasteiger partial charge in [0.25, 0.3) is 5.89 Å². The third-order valence-corrected chi connectivity index (χ3v) is 4.34. The third-order valence-electron chi connectivity index (χ3n) is 3.81. The van der Waals surface area contributed by atoms with Gasteiger partial charge in [0, 0.05) is 4.47 Å². The molecule has 0 unspecified atom stereocenters. The summed E-state index contributed by atoms with van der Waals surface area (Å²) in [6.45, 7) is -0.210. The second kappa shape index (κ2) is 8.82. The molecule has 0 radical (unpaired) electrons. The summed E-state index contributed by atoms with van der Waals surface area (Å²) in [7, 11) is 0. The molecule has 0 saturated heterocycles. The lowest BCUT2D eigenvalue weighted by molar-refractivity contribution is 0.0422. The van der Waals surface area contributed by atoms with E-state index in [4.69, 9.17) is 14.0 Å². The largest absolute Gasteiger partial charge is 0.485 e. The van der Waals surface area contributed by atoms with E-state index in [2.05, 4.69) is 36.4 Å². The van der Waals surface area contributed by atoms with Crippen molar-refractivity contribution in [1.82, 2.24) is 25.1 Å². The Labute approximate surface area is 177 Å². The molecule has 0 N–H and O–H groups in total. The van der Waals surface area contributed by atoms with Gasteiger partial charge in [0.15, 0.2) is 18.9 Å². The Hall–Kier alpha value is -3.60. The fourth-order valence-electron chi connectivity index (χ4n) is 2.36. The van der Waals surface area contributed by atoms with Crippen LogP contribution in [0.5, 0.6) is 5.75 Å². The number of ether oxygens (including phenoxy) is 2. The Morgan fingerprint density at radius 1 is 1.10 bits per heavy atom. The summed E-state index contributed by atoms with van der Waals surface area (Å²) in [4.78, 5) is 16.2. The smallest absolute Gasteiger partial charge is 0.361 e. The minimum absolute atomic E-state index is 0.0184. The van der Waals surface area contributed by atoms with Crippen LogP contribution in [0.3, 0.4) is 0 Å². The van der Waals surface area contributed by atoms with Crippen LogP contribution in [0.25, 0.3) is 5.69 Å². The zero-order valence-electron chi connectivity index (χ0n) is 15.2. The van der Waals surface area contributed by atoms with Gasteiger partial charge in [-0.1, -0.05) is 26.3 Å². The molecule has 4 rings (SSSR count). The van der Waals surface area contributed by atoms with Crippen LogP contribution in [0.2, 0.25) is 0 Å². The molecule has 2 aromatic heterocycles. The molecular weight excluding hydrogens is 461 g/mol. The highest BCUT2D eigenvalue weighted by atomic mass is 79.9. The van der Waals surface area contributed by atoms with Gasteiger partial charge < -0.3 is 14.0 Å². The van der Waals surface area contributed by atoms with Gasteiger partial charge in [-0.3, -0.25) is 0 Å². The van der Waals surface area contributed by atoms with E-state index in [0.29, 0.717) is 5.75 Å². The van der Waals surface area contributed by atoms with Gasteiger partial charge in [-0.15, -0.1) is 5.10 Å². The number of nitrogens with zero attached hydrogens (tertiary/aromatic N) is 5. The summed E-state index contributed by atoms with van der Waals surface area (Å²) in [6, 6.07) is 12.9. The fraction of sp³-hybridized carbons (Fsp3) is 0.105. The maximum Gasteiger partial charge on any atom is 0.361 e. The standard InChI is InChI=1S/C19H13BrFN5O4/c20-12-1-5-14(6-2-12)26-9-16(23-25-26)19(27)29-11-18-22-17(24-30-18)10-28-15-7-3-13(21)4-8-15/h1-9H,10-11H2.